The lowest BCUT2D eigenvalue weighted by atomic mass is 10.1. The molecule has 4 aromatic rings. The number of carbonyl (C=O) groups is 3. The first-order valence-corrected chi connectivity index (χ1v) is 16.2. The Morgan fingerprint density at radius 1 is 1.14 bits per heavy atom. The first-order valence-electron chi connectivity index (χ1n) is 13.7. The van der Waals surface area contributed by atoms with Gasteiger partial charge in [0.05, 0.1) is 30.2 Å². The fourth-order valence-electron chi connectivity index (χ4n) is 4.67. The zero-order chi connectivity index (χ0) is 29.6. The maximum atomic E-state index is 13.5. The van der Waals surface area contributed by atoms with Crippen molar-refractivity contribution in [1.82, 2.24) is 20.1 Å². The number of thioether (sulfide) groups is 1. The number of nitrogens with one attached hydrogen (secondary N) is 2. The zero-order valence-corrected chi connectivity index (χ0v) is 26.4. The maximum absolute atomic E-state index is 13.5. The van der Waals surface area contributed by atoms with Gasteiger partial charge in [-0.05, 0) is 81.5 Å². The van der Waals surface area contributed by atoms with E-state index in [1.54, 1.807) is 30.5 Å². The SMILES string of the molecule is CCOC(=O)c1c(NC(=O)[C@H](C)Sc2nnc(CNC(=O)c3ccco3)n2-c2ccc(Br)cc2)sc2c1CCCCC2. The minimum atomic E-state index is -0.578. The van der Waals surface area contributed by atoms with E-state index < -0.39 is 11.2 Å². The highest BCUT2D eigenvalue weighted by Gasteiger charge is 2.29. The number of hydrogen-bond acceptors (Lipinski definition) is 9. The predicted octanol–water partition coefficient (Wildman–Crippen LogP) is 6.18. The van der Waals surface area contributed by atoms with Crippen LogP contribution in [0.2, 0.25) is 0 Å². The number of carbonyl (C=O) groups excluding carboxylic acids is 3. The highest BCUT2D eigenvalue weighted by molar-refractivity contribution is 9.10. The van der Waals surface area contributed by atoms with Gasteiger partial charge >= 0.3 is 5.97 Å². The van der Waals surface area contributed by atoms with E-state index in [-0.39, 0.29) is 30.7 Å². The van der Waals surface area contributed by atoms with Crippen LogP contribution < -0.4 is 10.6 Å². The highest BCUT2D eigenvalue weighted by Crippen LogP contribution is 2.38. The Bertz CT molecular complexity index is 1570. The van der Waals surface area contributed by atoms with Gasteiger partial charge in [0.1, 0.15) is 5.00 Å². The molecule has 42 heavy (non-hydrogen) atoms. The summed E-state index contributed by atoms with van der Waals surface area (Å²) in [5, 5.41) is 14.9. The molecule has 13 heteroatoms. The van der Waals surface area contributed by atoms with E-state index in [4.69, 9.17) is 9.15 Å². The van der Waals surface area contributed by atoms with Crippen LogP contribution in [-0.4, -0.2) is 44.4 Å². The smallest absolute Gasteiger partial charge is 0.341 e. The van der Waals surface area contributed by atoms with Crippen molar-refractivity contribution in [3.05, 3.63) is 74.7 Å². The quantitative estimate of drug-likeness (QED) is 0.116. The van der Waals surface area contributed by atoms with Gasteiger partial charge in [-0.3, -0.25) is 14.2 Å². The van der Waals surface area contributed by atoms with Gasteiger partial charge in [-0.15, -0.1) is 21.5 Å². The fourth-order valence-corrected chi connectivity index (χ4v) is 7.10. The Morgan fingerprint density at radius 3 is 2.67 bits per heavy atom. The van der Waals surface area contributed by atoms with Crippen LogP contribution in [0.15, 0.2) is 56.7 Å². The van der Waals surface area contributed by atoms with E-state index in [0.29, 0.717) is 21.5 Å². The van der Waals surface area contributed by atoms with Crippen LogP contribution in [0.1, 0.15) is 70.3 Å². The molecule has 0 saturated heterocycles. The minimum Gasteiger partial charge on any atom is -0.462 e. The number of rotatable bonds is 10. The average molecular weight is 673 g/mol. The number of nitrogens with zero attached hydrogens (tertiary/aromatic N) is 3. The van der Waals surface area contributed by atoms with Crippen LogP contribution in [0.25, 0.3) is 5.69 Å². The number of amides is 2. The molecule has 3 aromatic heterocycles. The van der Waals surface area contributed by atoms with Gasteiger partial charge in [-0.2, -0.15) is 0 Å². The number of fused-ring (bicyclic) bond motifs is 1. The molecule has 0 unspecified atom stereocenters. The van der Waals surface area contributed by atoms with Crippen molar-refractivity contribution in [2.24, 2.45) is 0 Å². The molecule has 10 nitrogen and oxygen atoms in total. The summed E-state index contributed by atoms with van der Waals surface area (Å²) in [5.41, 5.74) is 2.26. The molecule has 0 spiro atoms. The summed E-state index contributed by atoms with van der Waals surface area (Å²) >= 11 is 6.16. The second kappa shape index (κ2) is 13.7. The molecular weight excluding hydrogens is 642 g/mol. The minimum absolute atomic E-state index is 0.0907. The topological polar surface area (TPSA) is 128 Å². The van der Waals surface area contributed by atoms with Crippen LogP contribution in [-0.2, 0) is 28.9 Å². The van der Waals surface area contributed by atoms with E-state index in [0.717, 1.165) is 52.7 Å². The lowest BCUT2D eigenvalue weighted by Crippen LogP contribution is -2.25. The molecule has 1 aromatic carbocycles. The van der Waals surface area contributed by atoms with Gasteiger partial charge in [0.15, 0.2) is 16.7 Å². The summed E-state index contributed by atoms with van der Waals surface area (Å²) in [7, 11) is 0. The highest BCUT2D eigenvalue weighted by atomic mass is 79.9. The molecule has 0 aliphatic heterocycles. The Balaban J connectivity index is 1.37. The second-order valence-electron chi connectivity index (χ2n) is 9.61. The molecule has 0 bridgehead atoms. The summed E-state index contributed by atoms with van der Waals surface area (Å²) in [6, 6.07) is 10.8. The average Bonchev–Trinajstić information content (AvgIpc) is 3.69. The number of halogens is 1. The van der Waals surface area contributed by atoms with E-state index in [2.05, 4.69) is 36.8 Å². The van der Waals surface area contributed by atoms with Crippen molar-refractivity contribution in [2.45, 2.75) is 62.9 Å². The number of aromatic nitrogens is 3. The van der Waals surface area contributed by atoms with Gasteiger partial charge in [0.2, 0.25) is 5.91 Å². The van der Waals surface area contributed by atoms with Crippen molar-refractivity contribution in [3.63, 3.8) is 0 Å². The molecular formula is C29H30BrN5O5S2. The van der Waals surface area contributed by atoms with Gasteiger partial charge in [0.25, 0.3) is 5.91 Å². The number of esters is 1. The van der Waals surface area contributed by atoms with Crippen molar-refractivity contribution >= 4 is 61.8 Å². The van der Waals surface area contributed by atoms with Crippen molar-refractivity contribution in [2.75, 3.05) is 11.9 Å². The monoisotopic (exact) mass is 671 g/mol. The third-order valence-corrected chi connectivity index (χ3v) is 9.50. The standard InChI is InChI=1S/C29H30BrN5O5S2/c1-3-39-28(38)24-20-8-5-4-6-10-22(20)42-27(24)32-25(36)17(2)41-29-34-33-23(16-31-26(37)21-9-7-15-40-21)35(29)19-13-11-18(30)12-14-19/h7,9,11-15,17H,3-6,8,10,16H2,1-2H3,(H,31,37)(H,32,36)/t17-/m0/s1. The molecule has 2 N–H and O–H groups in total. The molecule has 220 valence electrons. The molecule has 1 aliphatic carbocycles. The maximum Gasteiger partial charge on any atom is 0.341 e. The van der Waals surface area contributed by atoms with Gasteiger partial charge < -0.3 is 19.8 Å². The van der Waals surface area contributed by atoms with Crippen LogP contribution >= 0.6 is 39.0 Å². The number of ether oxygens (including phenoxy) is 1. The molecule has 1 atom stereocenters. The van der Waals surface area contributed by atoms with E-state index in [9.17, 15) is 14.4 Å². The second-order valence-corrected chi connectivity index (χ2v) is 12.9. The Labute approximate surface area is 259 Å². The molecule has 0 radical (unpaired) electrons. The van der Waals surface area contributed by atoms with Crippen LogP contribution in [0.4, 0.5) is 5.00 Å². The van der Waals surface area contributed by atoms with Crippen molar-refractivity contribution in [1.29, 1.82) is 0 Å². The number of benzene rings is 1. The van der Waals surface area contributed by atoms with Crippen molar-refractivity contribution < 1.29 is 23.5 Å². The van der Waals surface area contributed by atoms with E-state index in [1.807, 2.05) is 24.3 Å². The number of thiophene rings is 1. The molecule has 2 amide bonds. The van der Waals surface area contributed by atoms with Gasteiger partial charge in [-0.1, -0.05) is 34.1 Å². The molecule has 0 saturated carbocycles. The van der Waals surface area contributed by atoms with Crippen LogP contribution in [0, 0.1) is 0 Å². The molecule has 0 fully saturated rings. The summed E-state index contributed by atoms with van der Waals surface area (Å²) in [5.74, 6) is -0.362. The fraction of sp³-hybridized carbons (Fsp3) is 0.345. The normalized spacial score (nSPS) is 13.6. The number of aryl methyl sites for hydroxylation is 1. The number of furan rings is 1. The largest absolute Gasteiger partial charge is 0.462 e. The summed E-state index contributed by atoms with van der Waals surface area (Å²) in [6.07, 6.45) is 6.31. The molecule has 5 rings (SSSR count). The third-order valence-electron chi connectivity index (χ3n) is 6.73. The third kappa shape index (κ3) is 6.79. The van der Waals surface area contributed by atoms with Gasteiger partial charge in [0, 0.05) is 15.0 Å². The summed E-state index contributed by atoms with van der Waals surface area (Å²) in [4.78, 5) is 40.0. The Kier molecular flexibility index (Phi) is 9.80. The first-order chi connectivity index (χ1) is 20.4. The van der Waals surface area contributed by atoms with Crippen LogP contribution in [0.5, 0.6) is 0 Å². The molecule has 3 heterocycles. The number of hydrogen-bond donors (Lipinski definition) is 2. The van der Waals surface area contributed by atoms with Crippen LogP contribution in [0.3, 0.4) is 0 Å². The lowest BCUT2D eigenvalue weighted by Gasteiger charge is -2.14. The van der Waals surface area contributed by atoms with E-state index >= 15 is 0 Å². The molecule has 1 aliphatic rings. The zero-order valence-electron chi connectivity index (χ0n) is 23.1. The van der Waals surface area contributed by atoms with Gasteiger partial charge in [-0.25, -0.2) is 4.79 Å². The summed E-state index contributed by atoms with van der Waals surface area (Å²) in [6.45, 7) is 3.91. The number of anilines is 1. The predicted molar refractivity (Wildman–Crippen MR) is 164 cm³/mol. The van der Waals surface area contributed by atoms with E-state index in [1.165, 1.54) is 29.4 Å². The Hall–Kier alpha value is -3.42. The lowest BCUT2D eigenvalue weighted by molar-refractivity contribution is -0.115. The van der Waals surface area contributed by atoms with Crippen molar-refractivity contribution in [3.8, 4) is 5.69 Å². The Morgan fingerprint density at radius 2 is 1.93 bits per heavy atom. The summed E-state index contributed by atoms with van der Waals surface area (Å²) < 4.78 is 13.2. The first kappa shape index (κ1) is 30.1.